The second-order valence-corrected chi connectivity index (χ2v) is 6.60. The molecular formula is C18H24O4. The maximum Gasteiger partial charge on any atom is 0.332 e. The summed E-state index contributed by atoms with van der Waals surface area (Å²) in [5.41, 5.74) is 1.41. The van der Waals surface area contributed by atoms with Gasteiger partial charge in [0.1, 0.15) is 12.4 Å². The Morgan fingerprint density at radius 1 is 1.09 bits per heavy atom. The number of carbonyl (C=O) groups excluding carboxylic acids is 1. The Morgan fingerprint density at radius 2 is 1.68 bits per heavy atom. The molecule has 1 aromatic rings. The minimum absolute atomic E-state index is 0.0695. The van der Waals surface area contributed by atoms with Gasteiger partial charge >= 0.3 is 5.97 Å². The van der Waals surface area contributed by atoms with Crippen LogP contribution < -0.4 is 0 Å². The van der Waals surface area contributed by atoms with Crippen molar-refractivity contribution in [2.45, 2.75) is 56.5 Å². The van der Waals surface area contributed by atoms with E-state index in [1.54, 1.807) is 12.1 Å². The minimum Gasteiger partial charge on any atom is -0.508 e. The fourth-order valence-electron chi connectivity index (χ4n) is 4.03. The van der Waals surface area contributed by atoms with E-state index in [0.717, 1.165) is 38.5 Å². The third-order valence-corrected chi connectivity index (χ3v) is 5.46. The number of rotatable bonds is 5. The molecule has 0 aromatic heterocycles. The Kier molecular flexibility index (Phi) is 4.13. The summed E-state index contributed by atoms with van der Waals surface area (Å²) in [6.07, 6.45) is 6.23. The highest BCUT2D eigenvalue weighted by Crippen LogP contribution is 2.55. The number of aromatic hydroxyl groups is 1. The number of hydrogen-bond donors (Lipinski definition) is 1. The van der Waals surface area contributed by atoms with Crippen LogP contribution in [-0.4, -0.2) is 29.9 Å². The summed E-state index contributed by atoms with van der Waals surface area (Å²) >= 11 is 0. The smallest absolute Gasteiger partial charge is 0.332 e. The number of ether oxygens (including phenoxy) is 2. The molecule has 0 spiro atoms. The minimum atomic E-state index is -0.266. The first-order valence-electron chi connectivity index (χ1n) is 8.17. The predicted octanol–water partition coefficient (Wildman–Crippen LogP) is 3.32. The third kappa shape index (κ3) is 2.84. The van der Waals surface area contributed by atoms with Crippen LogP contribution in [0.4, 0.5) is 0 Å². The number of benzene rings is 1. The van der Waals surface area contributed by atoms with Crippen LogP contribution >= 0.6 is 0 Å². The quantitative estimate of drug-likeness (QED) is 0.848. The average molecular weight is 304 g/mol. The van der Waals surface area contributed by atoms with Gasteiger partial charge in [-0.1, -0.05) is 12.1 Å². The molecule has 2 bridgehead atoms. The maximum atomic E-state index is 11.5. The highest BCUT2D eigenvalue weighted by molar-refractivity contribution is 5.70. The topological polar surface area (TPSA) is 55.8 Å². The number of phenols is 1. The van der Waals surface area contributed by atoms with Crippen LogP contribution in [0.2, 0.25) is 0 Å². The zero-order valence-electron chi connectivity index (χ0n) is 13.1. The van der Waals surface area contributed by atoms with Gasteiger partial charge in [-0.25, -0.2) is 4.79 Å². The second kappa shape index (κ2) is 5.92. The Morgan fingerprint density at radius 3 is 2.23 bits per heavy atom. The van der Waals surface area contributed by atoms with E-state index in [1.807, 2.05) is 19.1 Å². The molecule has 22 heavy (non-hydrogen) atoms. The van der Waals surface area contributed by atoms with Crippen molar-refractivity contribution in [1.29, 1.82) is 0 Å². The van der Waals surface area contributed by atoms with E-state index in [4.69, 9.17) is 9.47 Å². The SMILES string of the molecule is CCOC(=O)COC12CCC(c3ccc(O)cc3)(CC1)CC2. The highest BCUT2D eigenvalue weighted by atomic mass is 16.6. The molecule has 120 valence electrons. The van der Waals surface area contributed by atoms with E-state index in [9.17, 15) is 9.90 Å². The van der Waals surface area contributed by atoms with Crippen molar-refractivity contribution in [3.63, 3.8) is 0 Å². The van der Waals surface area contributed by atoms with Crippen molar-refractivity contribution >= 4 is 5.97 Å². The monoisotopic (exact) mass is 304 g/mol. The summed E-state index contributed by atoms with van der Waals surface area (Å²) in [4.78, 5) is 11.5. The van der Waals surface area contributed by atoms with Crippen molar-refractivity contribution in [2.24, 2.45) is 0 Å². The summed E-state index contributed by atoms with van der Waals surface area (Å²) in [6, 6.07) is 7.65. The molecule has 0 atom stereocenters. The summed E-state index contributed by atoms with van der Waals surface area (Å²) < 4.78 is 10.9. The van der Waals surface area contributed by atoms with Crippen molar-refractivity contribution < 1.29 is 19.4 Å². The Hall–Kier alpha value is -1.55. The van der Waals surface area contributed by atoms with Gasteiger partial charge in [-0.15, -0.1) is 0 Å². The van der Waals surface area contributed by atoms with E-state index in [-0.39, 0.29) is 23.6 Å². The van der Waals surface area contributed by atoms with Gasteiger partial charge in [-0.2, -0.15) is 0 Å². The molecule has 0 amide bonds. The fraction of sp³-hybridized carbons (Fsp3) is 0.611. The van der Waals surface area contributed by atoms with Crippen LogP contribution in [-0.2, 0) is 19.7 Å². The van der Waals surface area contributed by atoms with Gasteiger partial charge < -0.3 is 14.6 Å². The van der Waals surface area contributed by atoms with Crippen LogP contribution in [0.25, 0.3) is 0 Å². The van der Waals surface area contributed by atoms with E-state index >= 15 is 0 Å². The first kappa shape index (κ1) is 15.3. The standard InChI is InChI=1S/C18H24O4/c1-2-21-16(20)13-22-18-10-7-17(8-11-18,9-12-18)14-3-5-15(19)6-4-14/h3-6,19H,2,7-13H2,1H3. The molecule has 0 unspecified atom stereocenters. The van der Waals surface area contributed by atoms with Gasteiger partial charge in [0.15, 0.2) is 0 Å². The molecule has 3 fully saturated rings. The van der Waals surface area contributed by atoms with Crippen molar-refractivity contribution in [2.75, 3.05) is 13.2 Å². The maximum absolute atomic E-state index is 11.5. The van der Waals surface area contributed by atoms with Gasteiger partial charge in [0.05, 0.1) is 12.2 Å². The lowest BCUT2D eigenvalue weighted by molar-refractivity contribution is -0.165. The fourth-order valence-corrected chi connectivity index (χ4v) is 4.03. The molecule has 3 aliphatic carbocycles. The number of carbonyl (C=O) groups is 1. The first-order valence-corrected chi connectivity index (χ1v) is 8.17. The zero-order valence-corrected chi connectivity index (χ0v) is 13.1. The normalized spacial score (nSPS) is 30.2. The summed E-state index contributed by atoms with van der Waals surface area (Å²) in [6.45, 7) is 2.28. The predicted molar refractivity (Wildman–Crippen MR) is 82.8 cm³/mol. The van der Waals surface area contributed by atoms with Crippen LogP contribution in [0.1, 0.15) is 51.0 Å². The lowest BCUT2D eigenvalue weighted by Gasteiger charge is -2.53. The molecule has 3 saturated carbocycles. The highest BCUT2D eigenvalue weighted by Gasteiger charge is 2.50. The summed E-state index contributed by atoms with van der Waals surface area (Å²) in [5.74, 6) is 0.0525. The van der Waals surface area contributed by atoms with Crippen LogP contribution in [0.3, 0.4) is 0 Å². The van der Waals surface area contributed by atoms with Gasteiger partial charge in [0, 0.05) is 0 Å². The number of phenolic OH excluding ortho intramolecular Hbond substituents is 1. The molecule has 0 radical (unpaired) electrons. The van der Waals surface area contributed by atoms with Gasteiger partial charge in [0.2, 0.25) is 0 Å². The van der Waals surface area contributed by atoms with E-state index in [2.05, 4.69) is 0 Å². The molecule has 0 saturated heterocycles. The van der Waals surface area contributed by atoms with Crippen LogP contribution in [0, 0.1) is 0 Å². The molecule has 3 aliphatic rings. The lowest BCUT2D eigenvalue weighted by Crippen LogP contribution is -2.50. The third-order valence-electron chi connectivity index (χ3n) is 5.46. The van der Waals surface area contributed by atoms with Crippen molar-refractivity contribution in [1.82, 2.24) is 0 Å². The molecule has 1 aromatic carbocycles. The second-order valence-electron chi connectivity index (χ2n) is 6.60. The number of hydrogen-bond acceptors (Lipinski definition) is 4. The molecule has 4 heteroatoms. The van der Waals surface area contributed by atoms with Crippen LogP contribution in [0.15, 0.2) is 24.3 Å². The van der Waals surface area contributed by atoms with Crippen molar-refractivity contribution in [3.8, 4) is 5.75 Å². The zero-order chi connectivity index (χ0) is 15.6. The van der Waals surface area contributed by atoms with E-state index in [0.29, 0.717) is 12.4 Å². The average Bonchev–Trinajstić information content (AvgIpc) is 2.56. The van der Waals surface area contributed by atoms with E-state index < -0.39 is 0 Å². The van der Waals surface area contributed by atoms with E-state index in [1.165, 1.54) is 5.56 Å². The van der Waals surface area contributed by atoms with Crippen LogP contribution in [0.5, 0.6) is 5.75 Å². The molecule has 4 nitrogen and oxygen atoms in total. The Labute approximate surface area is 131 Å². The van der Waals surface area contributed by atoms with Gasteiger partial charge in [-0.05, 0) is 68.6 Å². The first-order chi connectivity index (χ1) is 10.6. The molecular weight excluding hydrogens is 280 g/mol. The van der Waals surface area contributed by atoms with Gasteiger partial charge in [0.25, 0.3) is 0 Å². The molecule has 1 N–H and O–H groups in total. The summed E-state index contributed by atoms with van der Waals surface area (Å²) in [5, 5.41) is 9.46. The number of fused-ring (bicyclic) bond motifs is 3. The Bertz CT molecular complexity index is 510. The van der Waals surface area contributed by atoms with Crippen molar-refractivity contribution in [3.05, 3.63) is 29.8 Å². The number of esters is 1. The molecule has 0 heterocycles. The largest absolute Gasteiger partial charge is 0.508 e. The Balaban J connectivity index is 1.63. The molecule has 0 aliphatic heterocycles. The molecule has 4 rings (SSSR count). The van der Waals surface area contributed by atoms with Gasteiger partial charge in [-0.3, -0.25) is 0 Å². The summed E-state index contributed by atoms with van der Waals surface area (Å²) in [7, 11) is 0. The lowest BCUT2D eigenvalue weighted by atomic mass is 9.56.